The van der Waals surface area contributed by atoms with Crippen molar-refractivity contribution in [1.82, 2.24) is 15.5 Å². The van der Waals surface area contributed by atoms with Crippen molar-refractivity contribution in [1.29, 1.82) is 0 Å². The predicted octanol–water partition coefficient (Wildman–Crippen LogP) is 2.76. The molecule has 0 saturated carbocycles. The monoisotopic (exact) mass is 350 g/mol. The number of halogens is 1. The molecule has 1 unspecified atom stereocenters. The van der Waals surface area contributed by atoms with Crippen LogP contribution in [-0.4, -0.2) is 50.7 Å². The van der Waals surface area contributed by atoms with Gasteiger partial charge in [0.1, 0.15) is 0 Å². The van der Waals surface area contributed by atoms with E-state index in [0.29, 0.717) is 12.6 Å². The summed E-state index contributed by atoms with van der Waals surface area (Å²) in [6.07, 6.45) is 5.18. The van der Waals surface area contributed by atoms with E-state index in [-0.39, 0.29) is 11.6 Å². The second-order valence-corrected chi connectivity index (χ2v) is 6.42. The van der Waals surface area contributed by atoms with Crippen LogP contribution in [0.2, 0.25) is 0 Å². The molecule has 25 heavy (non-hydrogen) atoms. The van der Waals surface area contributed by atoms with Crippen molar-refractivity contribution in [2.24, 2.45) is 4.99 Å². The lowest BCUT2D eigenvalue weighted by Crippen LogP contribution is -2.45. The van der Waals surface area contributed by atoms with Crippen LogP contribution in [0, 0.1) is 5.82 Å². The topological polar surface area (TPSA) is 48.9 Å². The maximum Gasteiger partial charge on any atom is 0.191 e. The Bertz CT molecular complexity index is 564. The van der Waals surface area contributed by atoms with E-state index in [1.807, 2.05) is 6.07 Å². The van der Waals surface area contributed by atoms with Gasteiger partial charge in [0.05, 0.1) is 7.11 Å². The molecule has 5 nitrogen and oxygen atoms in total. The highest BCUT2D eigenvalue weighted by molar-refractivity contribution is 5.79. The number of rotatable bonds is 7. The SMILES string of the molecule is CCC1CCCCN1CCNC(=NC)NCc1ccc(OC)c(F)c1. The van der Waals surface area contributed by atoms with Crippen LogP contribution in [0.25, 0.3) is 0 Å². The molecule has 1 saturated heterocycles. The normalized spacial score (nSPS) is 18.9. The van der Waals surface area contributed by atoms with E-state index >= 15 is 0 Å². The zero-order chi connectivity index (χ0) is 18.1. The minimum Gasteiger partial charge on any atom is -0.494 e. The first-order valence-electron chi connectivity index (χ1n) is 9.19. The van der Waals surface area contributed by atoms with Crippen LogP contribution < -0.4 is 15.4 Å². The van der Waals surface area contributed by atoms with Crippen molar-refractivity contribution in [3.8, 4) is 5.75 Å². The molecule has 2 N–H and O–H groups in total. The smallest absolute Gasteiger partial charge is 0.191 e. The Hall–Kier alpha value is -1.82. The minimum atomic E-state index is -0.347. The number of likely N-dealkylation sites (tertiary alicyclic amines) is 1. The average Bonchev–Trinajstić information content (AvgIpc) is 2.65. The lowest BCUT2D eigenvalue weighted by atomic mass is 10.0. The fraction of sp³-hybridized carbons (Fsp3) is 0.632. The molecular weight excluding hydrogens is 319 g/mol. The van der Waals surface area contributed by atoms with Gasteiger partial charge >= 0.3 is 0 Å². The molecule has 0 spiro atoms. The molecule has 1 aliphatic heterocycles. The Morgan fingerprint density at radius 2 is 2.20 bits per heavy atom. The number of hydrogen-bond acceptors (Lipinski definition) is 3. The largest absolute Gasteiger partial charge is 0.494 e. The van der Waals surface area contributed by atoms with Crippen LogP contribution >= 0.6 is 0 Å². The summed E-state index contributed by atoms with van der Waals surface area (Å²) in [7, 11) is 3.22. The zero-order valence-electron chi connectivity index (χ0n) is 15.6. The number of benzene rings is 1. The number of nitrogens with one attached hydrogen (secondary N) is 2. The number of hydrogen-bond donors (Lipinski definition) is 2. The number of nitrogens with zero attached hydrogens (tertiary/aromatic N) is 2. The summed E-state index contributed by atoms with van der Waals surface area (Å²) in [5, 5.41) is 6.57. The molecule has 6 heteroatoms. The Kier molecular flexibility index (Phi) is 7.98. The van der Waals surface area contributed by atoms with Gasteiger partial charge in [0.25, 0.3) is 0 Å². The lowest BCUT2D eigenvalue weighted by Gasteiger charge is -2.35. The highest BCUT2D eigenvalue weighted by atomic mass is 19.1. The fourth-order valence-corrected chi connectivity index (χ4v) is 3.36. The molecule has 0 aliphatic carbocycles. The van der Waals surface area contributed by atoms with E-state index in [2.05, 4.69) is 27.4 Å². The second kappa shape index (κ2) is 10.2. The molecular formula is C19H31FN4O. The third-order valence-corrected chi connectivity index (χ3v) is 4.81. The van der Waals surface area contributed by atoms with Gasteiger partial charge in [-0.15, -0.1) is 0 Å². The molecule has 1 atom stereocenters. The summed E-state index contributed by atoms with van der Waals surface area (Å²) < 4.78 is 18.7. The Morgan fingerprint density at radius 1 is 1.36 bits per heavy atom. The highest BCUT2D eigenvalue weighted by Gasteiger charge is 2.19. The maximum atomic E-state index is 13.7. The summed E-state index contributed by atoms with van der Waals surface area (Å²) in [4.78, 5) is 6.81. The molecule has 2 rings (SSSR count). The van der Waals surface area contributed by atoms with E-state index in [1.165, 1.54) is 45.4 Å². The number of guanidine groups is 1. The summed E-state index contributed by atoms with van der Waals surface area (Å²) in [5.74, 6) is 0.653. The average molecular weight is 350 g/mol. The molecule has 0 bridgehead atoms. The van der Waals surface area contributed by atoms with Crippen LogP contribution in [0.15, 0.2) is 23.2 Å². The van der Waals surface area contributed by atoms with E-state index in [4.69, 9.17) is 4.74 Å². The third-order valence-electron chi connectivity index (χ3n) is 4.81. The summed E-state index contributed by atoms with van der Waals surface area (Å²) >= 11 is 0. The number of methoxy groups -OCH3 is 1. The molecule has 1 heterocycles. The van der Waals surface area contributed by atoms with Gasteiger partial charge in [0, 0.05) is 32.7 Å². The van der Waals surface area contributed by atoms with Crippen LogP contribution in [0.3, 0.4) is 0 Å². The van der Waals surface area contributed by atoms with Gasteiger partial charge in [-0.3, -0.25) is 9.89 Å². The van der Waals surface area contributed by atoms with Crippen molar-refractivity contribution >= 4 is 5.96 Å². The van der Waals surface area contributed by atoms with E-state index in [9.17, 15) is 4.39 Å². The number of aliphatic imine (C=N–C) groups is 1. The molecule has 1 fully saturated rings. The van der Waals surface area contributed by atoms with Crippen molar-refractivity contribution in [3.63, 3.8) is 0 Å². The fourth-order valence-electron chi connectivity index (χ4n) is 3.36. The standard InChI is InChI=1S/C19H31FN4O/c1-4-16-7-5-6-11-24(16)12-10-22-19(21-2)23-14-15-8-9-18(25-3)17(20)13-15/h8-9,13,16H,4-7,10-12,14H2,1-3H3,(H2,21,22,23). The van der Waals surface area contributed by atoms with Crippen molar-refractivity contribution in [3.05, 3.63) is 29.6 Å². The van der Waals surface area contributed by atoms with Gasteiger partial charge in [-0.25, -0.2) is 4.39 Å². The van der Waals surface area contributed by atoms with Crippen LogP contribution in [0.5, 0.6) is 5.75 Å². The second-order valence-electron chi connectivity index (χ2n) is 6.42. The zero-order valence-corrected chi connectivity index (χ0v) is 15.6. The van der Waals surface area contributed by atoms with E-state index < -0.39 is 0 Å². The molecule has 0 radical (unpaired) electrons. The lowest BCUT2D eigenvalue weighted by molar-refractivity contribution is 0.147. The van der Waals surface area contributed by atoms with Gasteiger partial charge in [0.15, 0.2) is 17.5 Å². The molecule has 0 amide bonds. The molecule has 0 aromatic heterocycles. The first kappa shape index (κ1) is 19.5. The third kappa shape index (κ3) is 5.88. The highest BCUT2D eigenvalue weighted by Crippen LogP contribution is 2.19. The van der Waals surface area contributed by atoms with Crippen LogP contribution in [-0.2, 0) is 6.54 Å². The van der Waals surface area contributed by atoms with Gasteiger partial charge in [-0.1, -0.05) is 19.4 Å². The van der Waals surface area contributed by atoms with Crippen molar-refractivity contribution in [2.45, 2.75) is 45.2 Å². The first-order chi connectivity index (χ1) is 12.2. The predicted molar refractivity (Wildman–Crippen MR) is 101 cm³/mol. The maximum absolute atomic E-state index is 13.7. The number of ether oxygens (including phenoxy) is 1. The van der Waals surface area contributed by atoms with Crippen molar-refractivity contribution < 1.29 is 9.13 Å². The van der Waals surface area contributed by atoms with Gasteiger partial charge < -0.3 is 15.4 Å². The Labute approximate surface area is 150 Å². The van der Waals surface area contributed by atoms with Gasteiger partial charge in [-0.2, -0.15) is 0 Å². The molecule has 140 valence electrons. The molecule has 1 aliphatic rings. The van der Waals surface area contributed by atoms with Crippen LogP contribution in [0.4, 0.5) is 4.39 Å². The Morgan fingerprint density at radius 3 is 2.88 bits per heavy atom. The van der Waals surface area contributed by atoms with E-state index in [0.717, 1.165) is 24.6 Å². The van der Waals surface area contributed by atoms with Crippen LogP contribution in [0.1, 0.15) is 38.2 Å². The summed E-state index contributed by atoms with van der Waals surface area (Å²) in [5.41, 5.74) is 0.850. The molecule has 1 aromatic carbocycles. The summed E-state index contributed by atoms with van der Waals surface area (Å²) in [6.45, 7) is 5.85. The Balaban J connectivity index is 1.76. The molecule has 1 aromatic rings. The van der Waals surface area contributed by atoms with Gasteiger partial charge in [0.2, 0.25) is 0 Å². The minimum absolute atomic E-state index is 0.262. The quantitative estimate of drug-likeness (QED) is 0.586. The van der Waals surface area contributed by atoms with Gasteiger partial charge in [-0.05, 0) is 43.5 Å². The number of piperidine rings is 1. The first-order valence-corrected chi connectivity index (χ1v) is 9.19. The van der Waals surface area contributed by atoms with E-state index in [1.54, 1.807) is 13.1 Å². The van der Waals surface area contributed by atoms with Crippen molar-refractivity contribution in [2.75, 3.05) is 33.8 Å². The summed E-state index contributed by atoms with van der Waals surface area (Å²) in [6, 6.07) is 5.69.